The number of hydrogen-bond acceptors (Lipinski definition) is 6. The Labute approximate surface area is 159 Å². The van der Waals surface area contributed by atoms with Crippen LogP contribution in [0.3, 0.4) is 0 Å². The molecule has 28 heavy (non-hydrogen) atoms. The molecule has 2 heterocycles. The van der Waals surface area contributed by atoms with Gasteiger partial charge in [-0.3, -0.25) is 0 Å². The summed E-state index contributed by atoms with van der Waals surface area (Å²) in [5.74, 6) is 0.494. The van der Waals surface area contributed by atoms with E-state index in [0.29, 0.717) is 48.0 Å². The van der Waals surface area contributed by atoms with Crippen molar-refractivity contribution in [2.45, 2.75) is 26.4 Å². The van der Waals surface area contributed by atoms with Crippen molar-refractivity contribution in [1.29, 1.82) is 0 Å². The van der Waals surface area contributed by atoms with Crippen molar-refractivity contribution < 1.29 is 22.6 Å². The molecule has 0 saturated heterocycles. The van der Waals surface area contributed by atoms with Crippen LogP contribution in [0.25, 0.3) is 5.65 Å². The highest BCUT2D eigenvalue weighted by atomic mass is 19.4. The second kappa shape index (κ2) is 8.32. The average molecular weight is 395 g/mol. The van der Waals surface area contributed by atoms with Gasteiger partial charge in [-0.1, -0.05) is 6.07 Å². The highest BCUT2D eigenvalue weighted by molar-refractivity contribution is 5.45. The molecule has 2 aromatic heterocycles. The van der Waals surface area contributed by atoms with Gasteiger partial charge in [0.15, 0.2) is 17.1 Å². The molecule has 150 valence electrons. The highest BCUT2D eigenvalue weighted by Gasteiger charge is 2.37. The predicted octanol–water partition coefficient (Wildman–Crippen LogP) is 3.60. The largest absolute Gasteiger partial charge is 0.490 e. The van der Waals surface area contributed by atoms with Gasteiger partial charge in [0.05, 0.1) is 13.2 Å². The Morgan fingerprint density at radius 1 is 1.00 bits per heavy atom. The fraction of sp³-hybridized carbons (Fsp3) is 0.389. The minimum Gasteiger partial charge on any atom is -0.490 e. The number of fused-ring (bicyclic) bond motifs is 1. The number of nitrogens with one attached hydrogen (secondary N) is 1. The van der Waals surface area contributed by atoms with Crippen LogP contribution in [0.5, 0.6) is 11.5 Å². The van der Waals surface area contributed by atoms with E-state index in [1.165, 1.54) is 6.07 Å². The van der Waals surface area contributed by atoms with Crippen LogP contribution in [0.1, 0.15) is 25.2 Å². The number of rotatable bonds is 8. The lowest BCUT2D eigenvalue weighted by atomic mass is 10.1. The van der Waals surface area contributed by atoms with Crippen molar-refractivity contribution in [3.05, 3.63) is 41.7 Å². The van der Waals surface area contributed by atoms with Gasteiger partial charge in [-0.05, 0) is 50.1 Å². The van der Waals surface area contributed by atoms with Crippen molar-refractivity contribution in [3.63, 3.8) is 0 Å². The summed E-state index contributed by atoms with van der Waals surface area (Å²) in [5.41, 5.74) is 1.03. The van der Waals surface area contributed by atoms with Crippen molar-refractivity contribution in [3.8, 4) is 11.5 Å². The molecule has 0 atom stereocenters. The fourth-order valence-corrected chi connectivity index (χ4v) is 2.65. The average Bonchev–Trinajstić information content (AvgIpc) is 3.08. The van der Waals surface area contributed by atoms with Gasteiger partial charge in [-0.15, -0.1) is 15.3 Å². The molecular formula is C18H20F3N5O2. The first-order chi connectivity index (χ1) is 13.4. The van der Waals surface area contributed by atoms with Crippen LogP contribution < -0.4 is 14.8 Å². The summed E-state index contributed by atoms with van der Waals surface area (Å²) < 4.78 is 50.6. The Kier molecular flexibility index (Phi) is 5.86. The lowest BCUT2D eigenvalue weighted by Gasteiger charge is -2.13. The Morgan fingerprint density at radius 2 is 1.75 bits per heavy atom. The summed E-state index contributed by atoms with van der Waals surface area (Å²) in [5, 5.41) is 13.6. The van der Waals surface area contributed by atoms with Crippen molar-refractivity contribution in [2.75, 3.05) is 25.1 Å². The van der Waals surface area contributed by atoms with E-state index in [-0.39, 0.29) is 5.65 Å². The lowest BCUT2D eigenvalue weighted by Crippen LogP contribution is -2.14. The maximum absolute atomic E-state index is 12.9. The van der Waals surface area contributed by atoms with Gasteiger partial charge in [0, 0.05) is 6.54 Å². The summed E-state index contributed by atoms with van der Waals surface area (Å²) in [6.07, 6.45) is -4.00. The number of anilines is 1. The molecule has 3 aromatic rings. The lowest BCUT2D eigenvalue weighted by molar-refractivity contribution is -0.146. The molecule has 7 nitrogen and oxygen atoms in total. The number of hydrogen-bond donors (Lipinski definition) is 1. The van der Waals surface area contributed by atoms with E-state index in [9.17, 15) is 13.2 Å². The normalized spacial score (nSPS) is 11.6. The summed E-state index contributed by atoms with van der Waals surface area (Å²) in [6, 6.07) is 8.66. The molecular weight excluding hydrogens is 375 g/mol. The van der Waals surface area contributed by atoms with Crippen LogP contribution in [-0.2, 0) is 12.6 Å². The van der Waals surface area contributed by atoms with E-state index in [2.05, 4.69) is 20.6 Å². The monoisotopic (exact) mass is 395 g/mol. The zero-order chi connectivity index (χ0) is 20.1. The molecule has 0 bridgehead atoms. The molecule has 0 saturated carbocycles. The third-order valence-electron chi connectivity index (χ3n) is 3.84. The molecule has 0 aliphatic heterocycles. The Bertz CT molecular complexity index is 943. The van der Waals surface area contributed by atoms with Crippen LogP contribution in [-0.4, -0.2) is 39.6 Å². The molecule has 3 rings (SSSR count). The minimum atomic E-state index is -4.62. The third kappa shape index (κ3) is 4.44. The van der Waals surface area contributed by atoms with Crippen LogP contribution >= 0.6 is 0 Å². The second-order valence-corrected chi connectivity index (χ2v) is 5.83. The Morgan fingerprint density at radius 3 is 2.46 bits per heavy atom. The molecule has 10 heteroatoms. The Balaban J connectivity index is 1.68. The van der Waals surface area contributed by atoms with E-state index in [4.69, 9.17) is 9.47 Å². The van der Waals surface area contributed by atoms with Crippen LogP contribution in [0.4, 0.5) is 19.0 Å². The number of alkyl halides is 3. The van der Waals surface area contributed by atoms with Crippen molar-refractivity contribution >= 4 is 11.5 Å². The van der Waals surface area contributed by atoms with E-state index < -0.39 is 12.0 Å². The number of halogens is 3. The maximum atomic E-state index is 12.9. The quantitative estimate of drug-likeness (QED) is 0.628. The zero-order valence-corrected chi connectivity index (χ0v) is 15.5. The fourth-order valence-electron chi connectivity index (χ4n) is 2.65. The third-order valence-corrected chi connectivity index (χ3v) is 3.84. The molecule has 0 radical (unpaired) electrons. The van der Waals surface area contributed by atoms with Crippen molar-refractivity contribution in [2.24, 2.45) is 0 Å². The molecule has 0 spiro atoms. The molecule has 0 aliphatic carbocycles. The van der Waals surface area contributed by atoms with Gasteiger partial charge in [0.25, 0.3) is 5.82 Å². The molecule has 0 unspecified atom stereocenters. The molecule has 1 aromatic carbocycles. The van der Waals surface area contributed by atoms with E-state index in [1.54, 1.807) is 6.07 Å². The summed E-state index contributed by atoms with van der Waals surface area (Å²) in [6.45, 7) is 5.33. The summed E-state index contributed by atoms with van der Waals surface area (Å²) in [7, 11) is 0. The van der Waals surface area contributed by atoms with E-state index in [0.717, 1.165) is 5.56 Å². The van der Waals surface area contributed by atoms with Gasteiger partial charge in [-0.2, -0.15) is 17.7 Å². The molecule has 0 fully saturated rings. The molecule has 0 amide bonds. The standard InChI is InChI=1S/C18H20F3N5O2/c1-3-27-13-6-5-12(11-14(13)28-4-2)9-10-22-15-7-8-16-23-24-17(18(19,20)21)26(16)25-15/h5-8,11H,3-4,9-10H2,1-2H3,(H,22,25). The summed E-state index contributed by atoms with van der Waals surface area (Å²) >= 11 is 0. The van der Waals surface area contributed by atoms with Crippen LogP contribution in [0.2, 0.25) is 0 Å². The van der Waals surface area contributed by atoms with E-state index in [1.807, 2.05) is 32.0 Å². The Hall–Kier alpha value is -3.04. The van der Waals surface area contributed by atoms with E-state index >= 15 is 0 Å². The first-order valence-electron chi connectivity index (χ1n) is 8.84. The van der Waals surface area contributed by atoms with Gasteiger partial charge in [0.2, 0.25) is 0 Å². The topological polar surface area (TPSA) is 73.6 Å². The maximum Gasteiger partial charge on any atom is 0.453 e. The van der Waals surface area contributed by atoms with Gasteiger partial charge >= 0.3 is 6.18 Å². The first kappa shape index (κ1) is 19.7. The van der Waals surface area contributed by atoms with Gasteiger partial charge in [0.1, 0.15) is 5.82 Å². The number of nitrogens with zero attached hydrogens (tertiary/aromatic N) is 4. The smallest absolute Gasteiger partial charge is 0.453 e. The number of benzene rings is 1. The first-order valence-corrected chi connectivity index (χ1v) is 8.84. The van der Waals surface area contributed by atoms with Crippen molar-refractivity contribution in [1.82, 2.24) is 19.8 Å². The number of aromatic nitrogens is 4. The van der Waals surface area contributed by atoms with Crippen LogP contribution in [0.15, 0.2) is 30.3 Å². The second-order valence-electron chi connectivity index (χ2n) is 5.83. The predicted molar refractivity (Wildman–Crippen MR) is 96.8 cm³/mol. The van der Waals surface area contributed by atoms with Gasteiger partial charge < -0.3 is 14.8 Å². The zero-order valence-electron chi connectivity index (χ0n) is 15.5. The molecule has 1 N–H and O–H groups in total. The minimum absolute atomic E-state index is 0.0331. The highest BCUT2D eigenvalue weighted by Crippen LogP contribution is 2.29. The SMILES string of the molecule is CCOc1ccc(CCNc2ccc3nnc(C(F)(F)F)n3n2)cc1OCC. The van der Waals surface area contributed by atoms with Crippen LogP contribution in [0, 0.1) is 0 Å². The number of ether oxygens (including phenoxy) is 2. The van der Waals surface area contributed by atoms with Gasteiger partial charge in [-0.25, -0.2) is 0 Å². The molecule has 0 aliphatic rings. The summed E-state index contributed by atoms with van der Waals surface area (Å²) in [4.78, 5) is 0.